The number of carbonyl (C=O) groups is 1. The van der Waals surface area contributed by atoms with Crippen LogP contribution in [0.5, 0.6) is 0 Å². The van der Waals surface area contributed by atoms with Crippen molar-refractivity contribution in [2.75, 3.05) is 37.7 Å². The fraction of sp³-hybridized carbons (Fsp3) is 0.391. The van der Waals surface area contributed by atoms with Gasteiger partial charge in [-0.15, -0.1) is 0 Å². The average Bonchev–Trinajstić information content (AvgIpc) is 2.75. The number of carbonyl (C=O) groups excluding carboxylic acids is 1. The molecule has 3 rings (SSSR count). The highest BCUT2D eigenvalue weighted by Crippen LogP contribution is 2.19. The van der Waals surface area contributed by atoms with E-state index in [1.54, 1.807) is 0 Å². The van der Waals surface area contributed by atoms with E-state index in [9.17, 15) is 4.79 Å². The quantitative estimate of drug-likeness (QED) is 0.409. The zero-order chi connectivity index (χ0) is 19.6. The van der Waals surface area contributed by atoms with E-state index in [0.29, 0.717) is 6.61 Å². The van der Waals surface area contributed by atoms with Crippen molar-refractivity contribution in [1.82, 2.24) is 9.88 Å². The van der Waals surface area contributed by atoms with Gasteiger partial charge in [-0.05, 0) is 42.2 Å². The van der Waals surface area contributed by atoms with Crippen LogP contribution in [0.4, 0.5) is 5.69 Å². The lowest BCUT2D eigenvalue weighted by molar-refractivity contribution is -0.137. The molecule has 1 aliphatic carbocycles. The molecular formula is C23H29N3O2. The number of ether oxygens (including phenoxy) is 1. The Morgan fingerprint density at radius 3 is 2.64 bits per heavy atom. The van der Waals surface area contributed by atoms with Crippen LogP contribution in [0.15, 0.2) is 72.3 Å². The molecule has 2 heterocycles. The van der Waals surface area contributed by atoms with E-state index in [0.717, 1.165) is 51.0 Å². The molecule has 0 unspecified atom stereocenters. The Balaban J connectivity index is 1.44. The summed E-state index contributed by atoms with van der Waals surface area (Å²) in [5.74, 6) is -0.267. The number of piperazine rings is 1. The number of unbranched alkanes of at least 4 members (excludes halogenated alkanes) is 1. The first-order valence-corrected chi connectivity index (χ1v) is 10.1. The fourth-order valence-electron chi connectivity index (χ4n) is 3.22. The van der Waals surface area contributed by atoms with Crippen molar-refractivity contribution in [3.8, 4) is 0 Å². The second-order valence-corrected chi connectivity index (χ2v) is 7.03. The molecule has 1 aromatic rings. The maximum absolute atomic E-state index is 11.6. The Morgan fingerprint density at radius 1 is 1.18 bits per heavy atom. The van der Waals surface area contributed by atoms with Crippen molar-refractivity contribution in [1.29, 1.82) is 0 Å². The molecule has 0 amide bonds. The molecule has 0 saturated carbocycles. The number of nitrogens with zero attached hydrogens (tertiary/aromatic N) is 3. The minimum absolute atomic E-state index is 0.267. The van der Waals surface area contributed by atoms with Crippen LogP contribution in [0, 0.1) is 0 Å². The topological polar surface area (TPSA) is 45.7 Å². The van der Waals surface area contributed by atoms with E-state index in [1.165, 1.54) is 17.3 Å². The summed E-state index contributed by atoms with van der Waals surface area (Å²) in [7, 11) is 0. The third-order valence-electron chi connectivity index (χ3n) is 4.91. The zero-order valence-electron chi connectivity index (χ0n) is 16.6. The van der Waals surface area contributed by atoms with Crippen molar-refractivity contribution >= 4 is 11.7 Å². The molecule has 5 heteroatoms. The number of allylic oxidation sites excluding steroid dienone is 6. The van der Waals surface area contributed by atoms with Crippen LogP contribution in [0.1, 0.15) is 26.2 Å². The van der Waals surface area contributed by atoms with Crippen LogP contribution in [-0.2, 0) is 9.53 Å². The molecule has 28 heavy (non-hydrogen) atoms. The summed E-state index contributed by atoms with van der Waals surface area (Å²) in [6.07, 6.45) is 18.5. The number of aromatic nitrogens is 1. The fourth-order valence-corrected chi connectivity index (χ4v) is 3.22. The van der Waals surface area contributed by atoms with Crippen molar-refractivity contribution < 1.29 is 9.53 Å². The van der Waals surface area contributed by atoms with Crippen molar-refractivity contribution in [3.63, 3.8) is 0 Å². The maximum atomic E-state index is 11.6. The predicted octanol–water partition coefficient (Wildman–Crippen LogP) is 3.87. The summed E-state index contributed by atoms with van der Waals surface area (Å²) in [4.78, 5) is 20.5. The number of esters is 1. The van der Waals surface area contributed by atoms with Gasteiger partial charge in [-0.3, -0.25) is 4.98 Å². The van der Waals surface area contributed by atoms with Gasteiger partial charge < -0.3 is 14.5 Å². The van der Waals surface area contributed by atoms with Crippen LogP contribution < -0.4 is 4.90 Å². The summed E-state index contributed by atoms with van der Waals surface area (Å²) in [6, 6.07) is 4.13. The van der Waals surface area contributed by atoms with E-state index < -0.39 is 0 Å². The highest BCUT2D eigenvalue weighted by molar-refractivity contribution is 5.82. The molecular weight excluding hydrogens is 350 g/mol. The van der Waals surface area contributed by atoms with Crippen molar-refractivity contribution in [3.05, 3.63) is 72.3 Å². The first-order chi connectivity index (χ1) is 13.7. The minimum Gasteiger partial charge on any atom is -0.463 e. The van der Waals surface area contributed by atoms with Crippen LogP contribution in [-0.4, -0.2) is 48.6 Å². The molecule has 0 radical (unpaired) electrons. The lowest BCUT2D eigenvalue weighted by atomic mass is 10.0. The molecule has 0 aromatic carbocycles. The Kier molecular flexibility index (Phi) is 7.47. The SMILES string of the molecule is CCCCOC(=O)C=CC1=CCC(=CN2CCN(c3ccncc3)CC2)C=C1. The molecule has 1 saturated heterocycles. The molecule has 0 bridgehead atoms. The number of pyridine rings is 1. The second kappa shape index (κ2) is 10.5. The van der Waals surface area contributed by atoms with Crippen molar-refractivity contribution in [2.45, 2.75) is 26.2 Å². The Bertz CT molecular complexity index is 757. The third-order valence-corrected chi connectivity index (χ3v) is 4.91. The van der Waals surface area contributed by atoms with Crippen LogP contribution in [0.25, 0.3) is 0 Å². The Hall–Kier alpha value is -2.82. The largest absolute Gasteiger partial charge is 0.463 e. The van der Waals surface area contributed by atoms with E-state index >= 15 is 0 Å². The monoisotopic (exact) mass is 379 g/mol. The normalized spacial score (nSPS) is 18.6. The molecule has 1 fully saturated rings. The molecule has 0 atom stereocenters. The van der Waals surface area contributed by atoms with E-state index in [2.05, 4.69) is 58.3 Å². The van der Waals surface area contributed by atoms with Crippen LogP contribution >= 0.6 is 0 Å². The minimum atomic E-state index is -0.267. The summed E-state index contributed by atoms with van der Waals surface area (Å²) in [5.41, 5.74) is 3.58. The zero-order valence-corrected chi connectivity index (χ0v) is 16.6. The lowest BCUT2D eigenvalue weighted by Gasteiger charge is -2.36. The summed E-state index contributed by atoms with van der Waals surface area (Å²) in [6.45, 7) is 6.63. The predicted molar refractivity (Wildman–Crippen MR) is 113 cm³/mol. The van der Waals surface area contributed by atoms with Gasteiger partial charge in [0.25, 0.3) is 0 Å². The van der Waals surface area contributed by atoms with Crippen LogP contribution in [0.2, 0.25) is 0 Å². The van der Waals surface area contributed by atoms with Gasteiger partial charge in [-0.25, -0.2) is 4.79 Å². The van der Waals surface area contributed by atoms with Gasteiger partial charge in [0.15, 0.2) is 0 Å². The number of rotatable bonds is 7. The first kappa shape index (κ1) is 19.9. The molecule has 148 valence electrons. The van der Waals surface area contributed by atoms with E-state index in [-0.39, 0.29) is 5.97 Å². The molecule has 0 N–H and O–H groups in total. The Labute approximate surface area is 167 Å². The highest BCUT2D eigenvalue weighted by atomic mass is 16.5. The van der Waals surface area contributed by atoms with Crippen LogP contribution in [0.3, 0.4) is 0 Å². The van der Waals surface area contributed by atoms with Gasteiger partial charge in [0, 0.05) is 56.5 Å². The molecule has 2 aliphatic rings. The number of hydrogen-bond donors (Lipinski definition) is 0. The average molecular weight is 380 g/mol. The van der Waals surface area contributed by atoms with Gasteiger partial charge >= 0.3 is 5.97 Å². The molecule has 1 aromatic heterocycles. The van der Waals surface area contributed by atoms with Gasteiger partial charge in [0.1, 0.15) is 0 Å². The van der Waals surface area contributed by atoms with Gasteiger partial charge in [-0.2, -0.15) is 0 Å². The van der Waals surface area contributed by atoms with Gasteiger partial charge in [0.2, 0.25) is 0 Å². The van der Waals surface area contributed by atoms with Gasteiger partial charge in [0.05, 0.1) is 6.61 Å². The number of anilines is 1. The second-order valence-electron chi connectivity index (χ2n) is 7.03. The standard InChI is InChI=1S/C23H29N3O2/c1-2-3-18-28-23(27)9-8-20-4-6-21(7-5-20)19-25-14-16-26(17-15-25)22-10-12-24-13-11-22/h4-6,8-13,19H,2-3,7,14-18H2,1H3. The summed E-state index contributed by atoms with van der Waals surface area (Å²) < 4.78 is 5.13. The molecule has 0 spiro atoms. The Morgan fingerprint density at radius 2 is 1.96 bits per heavy atom. The van der Waals surface area contributed by atoms with Crippen molar-refractivity contribution in [2.24, 2.45) is 0 Å². The summed E-state index contributed by atoms with van der Waals surface area (Å²) in [5, 5.41) is 0. The highest BCUT2D eigenvalue weighted by Gasteiger charge is 2.15. The molecule has 5 nitrogen and oxygen atoms in total. The van der Waals surface area contributed by atoms with E-state index in [4.69, 9.17) is 4.74 Å². The smallest absolute Gasteiger partial charge is 0.330 e. The van der Waals surface area contributed by atoms with Gasteiger partial charge in [-0.1, -0.05) is 31.6 Å². The maximum Gasteiger partial charge on any atom is 0.330 e. The van der Waals surface area contributed by atoms with E-state index in [1.807, 2.05) is 18.5 Å². The third kappa shape index (κ3) is 6.12. The first-order valence-electron chi connectivity index (χ1n) is 10.1. The number of hydrogen-bond acceptors (Lipinski definition) is 5. The lowest BCUT2D eigenvalue weighted by Crippen LogP contribution is -2.44. The summed E-state index contributed by atoms with van der Waals surface area (Å²) >= 11 is 0. The molecule has 1 aliphatic heterocycles.